The zero-order valence-corrected chi connectivity index (χ0v) is 14.5. The SMILES string of the molecule is CCC(C)C(C(=O)NNC(=O)c1ccccc1Cl)c1ccccc1. The molecular weight excluding hydrogens is 324 g/mol. The molecule has 0 saturated carbocycles. The highest BCUT2D eigenvalue weighted by Crippen LogP contribution is 2.27. The minimum Gasteiger partial charge on any atom is -0.273 e. The number of benzene rings is 2. The molecule has 2 aromatic rings. The number of halogens is 1. The summed E-state index contributed by atoms with van der Waals surface area (Å²) in [5, 5.41) is 0.339. The molecule has 2 rings (SSSR count). The van der Waals surface area contributed by atoms with E-state index in [0.717, 1.165) is 12.0 Å². The summed E-state index contributed by atoms with van der Waals surface area (Å²) in [6.45, 7) is 4.06. The predicted octanol–water partition coefficient (Wildman–Crippen LogP) is 3.93. The maximum atomic E-state index is 12.6. The molecule has 4 nitrogen and oxygen atoms in total. The molecule has 0 saturated heterocycles. The minimum absolute atomic E-state index is 0.143. The van der Waals surface area contributed by atoms with E-state index in [-0.39, 0.29) is 17.7 Å². The number of hydrogen-bond acceptors (Lipinski definition) is 2. The summed E-state index contributed by atoms with van der Waals surface area (Å²) in [7, 11) is 0. The smallest absolute Gasteiger partial charge is 0.271 e. The summed E-state index contributed by atoms with van der Waals surface area (Å²) >= 11 is 5.99. The number of rotatable bonds is 5. The van der Waals surface area contributed by atoms with Crippen molar-refractivity contribution in [1.82, 2.24) is 10.9 Å². The highest BCUT2D eigenvalue weighted by Gasteiger charge is 2.26. The van der Waals surface area contributed by atoms with Gasteiger partial charge in [0.05, 0.1) is 16.5 Å². The van der Waals surface area contributed by atoms with Crippen molar-refractivity contribution in [2.24, 2.45) is 5.92 Å². The van der Waals surface area contributed by atoms with Crippen molar-refractivity contribution in [3.05, 3.63) is 70.7 Å². The molecule has 2 atom stereocenters. The molecule has 2 N–H and O–H groups in total. The van der Waals surface area contributed by atoms with Crippen LogP contribution in [0.5, 0.6) is 0 Å². The Bertz CT molecular complexity index is 704. The van der Waals surface area contributed by atoms with E-state index in [1.54, 1.807) is 24.3 Å². The monoisotopic (exact) mass is 344 g/mol. The summed E-state index contributed by atoms with van der Waals surface area (Å²) in [5.41, 5.74) is 6.22. The van der Waals surface area contributed by atoms with Crippen LogP contribution in [0.15, 0.2) is 54.6 Å². The van der Waals surface area contributed by atoms with Crippen LogP contribution in [-0.4, -0.2) is 11.8 Å². The van der Waals surface area contributed by atoms with Crippen molar-refractivity contribution in [2.75, 3.05) is 0 Å². The zero-order chi connectivity index (χ0) is 17.5. The van der Waals surface area contributed by atoms with E-state index in [2.05, 4.69) is 10.9 Å². The molecule has 0 aliphatic heterocycles. The largest absolute Gasteiger partial charge is 0.273 e. The summed E-state index contributed by atoms with van der Waals surface area (Å²) in [5.74, 6) is -0.867. The maximum absolute atomic E-state index is 12.6. The molecule has 126 valence electrons. The van der Waals surface area contributed by atoms with Crippen LogP contribution in [0.25, 0.3) is 0 Å². The summed E-state index contributed by atoms with van der Waals surface area (Å²) in [4.78, 5) is 24.8. The van der Waals surface area contributed by atoms with Crippen molar-refractivity contribution in [2.45, 2.75) is 26.2 Å². The molecule has 0 bridgehead atoms. The van der Waals surface area contributed by atoms with Crippen molar-refractivity contribution in [1.29, 1.82) is 0 Å². The van der Waals surface area contributed by atoms with E-state index in [1.165, 1.54) is 0 Å². The predicted molar refractivity (Wildman–Crippen MR) is 95.7 cm³/mol. The van der Waals surface area contributed by atoms with Crippen LogP contribution in [-0.2, 0) is 4.79 Å². The Labute approximate surface area is 147 Å². The van der Waals surface area contributed by atoms with Crippen LogP contribution in [0.4, 0.5) is 0 Å². The Kier molecular flexibility index (Phi) is 6.38. The minimum atomic E-state index is -0.440. The summed E-state index contributed by atoms with van der Waals surface area (Å²) in [6.07, 6.45) is 0.853. The second-order valence-electron chi connectivity index (χ2n) is 5.70. The van der Waals surface area contributed by atoms with Gasteiger partial charge in [0.1, 0.15) is 0 Å². The van der Waals surface area contributed by atoms with E-state index >= 15 is 0 Å². The van der Waals surface area contributed by atoms with Crippen LogP contribution in [0, 0.1) is 5.92 Å². The number of carbonyl (C=O) groups is 2. The molecule has 0 fully saturated rings. The maximum Gasteiger partial charge on any atom is 0.271 e. The van der Waals surface area contributed by atoms with E-state index in [1.807, 2.05) is 44.2 Å². The Morgan fingerprint density at radius 2 is 1.62 bits per heavy atom. The van der Waals surface area contributed by atoms with Crippen LogP contribution in [0.3, 0.4) is 0 Å². The van der Waals surface area contributed by atoms with E-state index in [9.17, 15) is 9.59 Å². The molecule has 0 aromatic heterocycles. The van der Waals surface area contributed by atoms with Crippen molar-refractivity contribution in [3.8, 4) is 0 Å². The Hall–Kier alpha value is -2.33. The quantitative estimate of drug-likeness (QED) is 0.807. The van der Waals surface area contributed by atoms with Crippen molar-refractivity contribution < 1.29 is 9.59 Å². The number of hydrazine groups is 1. The number of hydrogen-bond donors (Lipinski definition) is 2. The normalized spacial score (nSPS) is 13.0. The van der Waals surface area contributed by atoms with Crippen LogP contribution >= 0.6 is 11.6 Å². The molecule has 0 aliphatic carbocycles. The first-order chi connectivity index (χ1) is 11.5. The number of carbonyl (C=O) groups excluding carboxylic acids is 2. The lowest BCUT2D eigenvalue weighted by molar-refractivity contribution is -0.124. The van der Waals surface area contributed by atoms with Gasteiger partial charge in [0, 0.05) is 0 Å². The average molecular weight is 345 g/mol. The van der Waals surface area contributed by atoms with E-state index < -0.39 is 5.91 Å². The lowest BCUT2D eigenvalue weighted by atomic mass is 9.85. The lowest BCUT2D eigenvalue weighted by Crippen LogP contribution is -2.45. The lowest BCUT2D eigenvalue weighted by Gasteiger charge is -2.23. The molecule has 0 heterocycles. The zero-order valence-electron chi connectivity index (χ0n) is 13.8. The second kappa shape index (κ2) is 8.50. The fourth-order valence-electron chi connectivity index (χ4n) is 2.54. The van der Waals surface area contributed by atoms with Crippen LogP contribution in [0.1, 0.15) is 42.1 Å². The molecule has 0 radical (unpaired) electrons. The van der Waals surface area contributed by atoms with Gasteiger partial charge in [0.2, 0.25) is 5.91 Å². The molecule has 5 heteroatoms. The second-order valence-corrected chi connectivity index (χ2v) is 6.10. The third-order valence-corrected chi connectivity index (χ3v) is 4.40. The molecule has 2 unspecified atom stereocenters. The van der Waals surface area contributed by atoms with Gasteiger partial charge >= 0.3 is 0 Å². The van der Waals surface area contributed by atoms with Gasteiger partial charge in [-0.1, -0.05) is 74.3 Å². The van der Waals surface area contributed by atoms with Gasteiger partial charge < -0.3 is 0 Å². The number of amides is 2. The fourth-order valence-corrected chi connectivity index (χ4v) is 2.76. The Morgan fingerprint density at radius 1 is 1.00 bits per heavy atom. The molecule has 24 heavy (non-hydrogen) atoms. The highest BCUT2D eigenvalue weighted by atomic mass is 35.5. The first-order valence-electron chi connectivity index (χ1n) is 7.94. The van der Waals surface area contributed by atoms with Crippen LogP contribution < -0.4 is 10.9 Å². The average Bonchev–Trinajstić information content (AvgIpc) is 2.61. The highest BCUT2D eigenvalue weighted by molar-refractivity contribution is 6.33. The van der Waals surface area contributed by atoms with E-state index in [0.29, 0.717) is 10.6 Å². The third kappa shape index (κ3) is 4.36. The molecule has 0 spiro atoms. The Morgan fingerprint density at radius 3 is 2.25 bits per heavy atom. The fraction of sp³-hybridized carbons (Fsp3) is 0.263. The molecule has 0 aliphatic rings. The van der Waals surface area contributed by atoms with Crippen LogP contribution in [0.2, 0.25) is 5.02 Å². The van der Waals surface area contributed by atoms with Crippen molar-refractivity contribution in [3.63, 3.8) is 0 Å². The van der Waals surface area contributed by atoms with Gasteiger partial charge in [-0.3, -0.25) is 20.4 Å². The van der Waals surface area contributed by atoms with Gasteiger partial charge in [-0.25, -0.2) is 0 Å². The van der Waals surface area contributed by atoms with Gasteiger partial charge in [-0.2, -0.15) is 0 Å². The standard InChI is InChI=1S/C19H21ClN2O2/c1-3-13(2)17(14-9-5-4-6-10-14)19(24)22-21-18(23)15-11-7-8-12-16(15)20/h4-13,17H,3H2,1-2H3,(H,21,23)(H,22,24). The van der Waals surface area contributed by atoms with Gasteiger partial charge in [0.15, 0.2) is 0 Å². The summed E-state index contributed by atoms with van der Waals surface area (Å²) in [6, 6.07) is 16.3. The molecule has 2 amide bonds. The van der Waals surface area contributed by atoms with Gasteiger partial charge in [-0.15, -0.1) is 0 Å². The van der Waals surface area contributed by atoms with Crippen molar-refractivity contribution >= 4 is 23.4 Å². The van der Waals surface area contributed by atoms with Gasteiger partial charge in [0.25, 0.3) is 5.91 Å². The number of nitrogens with one attached hydrogen (secondary N) is 2. The van der Waals surface area contributed by atoms with Gasteiger partial charge in [-0.05, 0) is 23.6 Å². The molecular formula is C19H21ClN2O2. The summed E-state index contributed by atoms with van der Waals surface area (Å²) < 4.78 is 0. The third-order valence-electron chi connectivity index (χ3n) is 4.07. The topological polar surface area (TPSA) is 58.2 Å². The molecule has 2 aromatic carbocycles. The van der Waals surface area contributed by atoms with E-state index in [4.69, 9.17) is 11.6 Å². The first kappa shape index (κ1) is 18.0. The Balaban J connectivity index is 2.08. The first-order valence-corrected chi connectivity index (χ1v) is 8.32.